The van der Waals surface area contributed by atoms with Gasteiger partial charge in [-0.15, -0.1) is 0 Å². The van der Waals surface area contributed by atoms with Gasteiger partial charge in [-0.3, -0.25) is 0 Å². The Morgan fingerprint density at radius 2 is 1.93 bits per heavy atom. The van der Waals surface area contributed by atoms with E-state index in [1.807, 2.05) is 24.3 Å². The van der Waals surface area contributed by atoms with E-state index < -0.39 is 5.82 Å². The molecule has 0 amide bonds. The van der Waals surface area contributed by atoms with Crippen molar-refractivity contribution in [3.63, 3.8) is 0 Å². The van der Waals surface area contributed by atoms with Gasteiger partial charge < -0.3 is 9.72 Å². The van der Waals surface area contributed by atoms with Crippen molar-refractivity contribution in [2.24, 2.45) is 0 Å². The van der Waals surface area contributed by atoms with Gasteiger partial charge in [0.2, 0.25) is 11.1 Å². The van der Waals surface area contributed by atoms with Crippen LogP contribution in [0, 0.1) is 17.1 Å². The molecule has 0 bridgehead atoms. The summed E-state index contributed by atoms with van der Waals surface area (Å²) in [7, 11) is 0. The number of hydrogen-bond donors (Lipinski definition) is 1. The number of fused-ring (bicyclic) bond motifs is 1. The van der Waals surface area contributed by atoms with E-state index >= 15 is 0 Å². The summed E-state index contributed by atoms with van der Waals surface area (Å²) >= 11 is 5.65. The average molecular weight is 392 g/mol. The molecule has 28 heavy (non-hydrogen) atoms. The van der Waals surface area contributed by atoms with Crippen LogP contribution in [0.25, 0.3) is 22.7 Å². The van der Waals surface area contributed by atoms with Crippen molar-refractivity contribution in [2.75, 3.05) is 0 Å². The largest absolute Gasteiger partial charge is 0.436 e. The van der Waals surface area contributed by atoms with Crippen LogP contribution in [0.2, 0.25) is 5.28 Å². The number of nitriles is 1. The number of H-pyrrole nitrogens is 1. The molecule has 8 heteroatoms. The molecule has 0 unspecified atom stereocenters. The Bertz CT molecular complexity index is 1190. The lowest BCUT2D eigenvalue weighted by Gasteiger charge is -2.06. The second kappa shape index (κ2) is 7.47. The monoisotopic (exact) mass is 391 g/mol. The summed E-state index contributed by atoms with van der Waals surface area (Å²) in [4.78, 5) is 14.8. The minimum atomic E-state index is -0.718. The third kappa shape index (κ3) is 3.68. The quantitative estimate of drug-likeness (QED) is 0.390. The van der Waals surface area contributed by atoms with E-state index in [9.17, 15) is 9.65 Å². The van der Waals surface area contributed by atoms with Crippen LogP contribution in [0.5, 0.6) is 11.6 Å². The van der Waals surface area contributed by atoms with Crippen LogP contribution >= 0.6 is 11.6 Å². The zero-order chi connectivity index (χ0) is 19.5. The van der Waals surface area contributed by atoms with Crippen molar-refractivity contribution in [1.82, 2.24) is 19.9 Å². The zero-order valence-corrected chi connectivity index (χ0v) is 15.0. The Morgan fingerprint density at radius 1 is 1.14 bits per heavy atom. The van der Waals surface area contributed by atoms with Crippen molar-refractivity contribution >= 4 is 34.3 Å². The van der Waals surface area contributed by atoms with Gasteiger partial charge in [0.1, 0.15) is 17.6 Å². The summed E-state index contributed by atoms with van der Waals surface area (Å²) in [6, 6.07) is 16.4. The standard InChI is InChI=1S/C20H11ClFN5O/c21-20-24-11-15(22)19(27-20)28-14-7-5-12(6-8-14)9-13(10-23)18-25-16-3-1-2-4-17(16)26-18/h1-9,11H,(H,25,26). The number of rotatable bonds is 4. The van der Waals surface area contributed by atoms with Crippen LogP contribution in [0.3, 0.4) is 0 Å². The smallest absolute Gasteiger partial charge is 0.260 e. The minimum absolute atomic E-state index is 0.111. The van der Waals surface area contributed by atoms with Gasteiger partial charge in [-0.2, -0.15) is 14.6 Å². The predicted molar refractivity (Wildman–Crippen MR) is 103 cm³/mol. The molecule has 0 spiro atoms. The predicted octanol–water partition coefficient (Wildman–Crippen LogP) is 5.00. The topological polar surface area (TPSA) is 87.5 Å². The maximum Gasteiger partial charge on any atom is 0.260 e. The second-order valence-electron chi connectivity index (χ2n) is 5.74. The lowest BCUT2D eigenvalue weighted by Crippen LogP contribution is -1.94. The number of aromatic nitrogens is 4. The van der Waals surface area contributed by atoms with Crippen molar-refractivity contribution in [2.45, 2.75) is 0 Å². The highest BCUT2D eigenvalue weighted by atomic mass is 35.5. The Kier molecular flexibility index (Phi) is 4.70. The van der Waals surface area contributed by atoms with E-state index in [1.54, 1.807) is 30.3 Å². The number of ether oxygens (including phenoxy) is 1. The molecule has 0 atom stereocenters. The first kappa shape index (κ1) is 17.6. The Hall–Kier alpha value is -3.76. The van der Waals surface area contributed by atoms with Crippen LogP contribution < -0.4 is 4.74 Å². The molecule has 2 aromatic carbocycles. The van der Waals surface area contributed by atoms with Gasteiger partial charge >= 0.3 is 0 Å². The van der Waals surface area contributed by atoms with Crippen LogP contribution in [0.4, 0.5) is 4.39 Å². The van der Waals surface area contributed by atoms with Crippen LogP contribution in [-0.2, 0) is 0 Å². The third-order valence-electron chi connectivity index (χ3n) is 3.85. The molecule has 1 N–H and O–H groups in total. The summed E-state index contributed by atoms with van der Waals surface area (Å²) in [5, 5.41) is 9.39. The molecular formula is C20H11ClFN5O. The van der Waals surface area contributed by atoms with Gasteiger partial charge in [0.05, 0.1) is 22.8 Å². The third-order valence-corrected chi connectivity index (χ3v) is 4.04. The molecule has 0 radical (unpaired) electrons. The second-order valence-corrected chi connectivity index (χ2v) is 6.07. The fraction of sp³-hybridized carbons (Fsp3) is 0. The van der Waals surface area contributed by atoms with E-state index in [2.05, 4.69) is 26.0 Å². The summed E-state index contributed by atoms with van der Waals surface area (Å²) in [5.41, 5.74) is 2.78. The highest BCUT2D eigenvalue weighted by molar-refractivity contribution is 6.28. The number of nitrogens with zero attached hydrogens (tertiary/aromatic N) is 4. The van der Waals surface area contributed by atoms with E-state index in [0.29, 0.717) is 17.1 Å². The van der Waals surface area contributed by atoms with E-state index in [0.717, 1.165) is 22.8 Å². The average Bonchev–Trinajstić information content (AvgIpc) is 3.14. The van der Waals surface area contributed by atoms with Crippen LogP contribution in [0.1, 0.15) is 11.4 Å². The SMILES string of the molecule is N#CC(=Cc1ccc(Oc2nc(Cl)ncc2F)cc1)c1nc2ccccc2[nH]1. The molecule has 4 aromatic rings. The van der Waals surface area contributed by atoms with E-state index in [-0.39, 0.29) is 11.2 Å². The van der Waals surface area contributed by atoms with Crippen LogP contribution in [-0.4, -0.2) is 19.9 Å². The number of allylic oxidation sites excluding steroid dienone is 1. The number of imidazole rings is 1. The normalized spacial score (nSPS) is 11.4. The molecule has 0 aliphatic carbocycles. The van der Waals surface area contributed by atoms with Gasteiger partial charge in [0.25, 0.3) is 5.88 Å². The minimum Gasteiger partial charge on any atom is -0.436 e. The van der Waals surface area contributed by atoms with Crippen molar-refractivity contribution < 1.29 is 9.13 Å². The summed E-state index contributed by atoms with van der Waals surface area (Å²) in [6.07, 6.45) is 2.64. The number of nitrogens with one attached hydrogen (secondary N) is 1. The first-order chi connectivity index (χ1) is 13.6. The van der Waals surface area contributed by atoms with E-state index in [4.69, 9.17) is 16.3 Å². The molecule has 4 rings (SSSR count). The Labute approximate surface area is 163 Å². The van der Waals surface area contributed by atoms with Gasteiger partial charge in [-0.25, -0.2) is 9.97 Å². The first-order valence-electron chi connectivity index (χ1n) is 8.15. The van der Waals surface area contributed by atoms with Crippen LogP contribution in [0.15, 0.2) is 54.7 Å². The number of aromatic amines is 1. The summed E-state index contributed by atoms with van der Waals surface area (Å²) in [6.45, 7) is 0. The van der Waals surface area contributed by atoms with E-state index in [1.165, 1.54) is 0 Å². The first-order valence-corrected chi connectivity index (χ1v) is 8.53. The molecule has 0 aliphatic rings. The number of halogens is 2. The summed E-state index contributed by atoms with van der Waals surface area (Å²) in [5.74, 6) is -0.122. The maximum absolute atomic E-state index is 13.7. The van der Waals surface area contributed by atoms with Crippen molar-refractivity contribution in [3.8, 4) is 17.7 Å². The molecule has 2 aromatic heterocycles. The van der Waals surface area contributed by atoms with Crippen molar-refractivity contribution in [1.29, 1.82) is 5.26 Å². The fourth-order valence-electron chi connectivity index (χ4n) is 2.55. The van der Waals surface area contributed by atoms with Gasteiger partial charge in [-0.05, 0) is 47.5 Å². The molecule has 0 saturated carbocycles. The lowest BCUT2D eigenvalue weighted by atomic mass is 10.1. The molecule has 2 heterocycles. The molecule has 0 saturated heterocycles. The molecule has 136 valence electrons. The number of hydrogen-bond acceptors (Lipinski definition) is 5. The summed E-state index contributed by atoms with van der Waals surface area (Å²) < 4.78 is 19.0. The molecule has 6 nitrogen and oxygen atoms in total. The molecule has 0 fully saturated rings. The van der Waals surface area contributed by atoms with Gasteiger partial charge in [0, 0.05) is 0 Å². The number of para-hydroxylation sites is 2. The highest BCUT2D eigenvalue weighted by Crippen LogP contribution is 2.25. The Balaban J connectivity index is 1.59. The maximum atomic E-state index is 13.7. The molecular weight excluding hydrogens is 381 g/mol. The zero-order valence-electron chi connectivity index (χ0n) is 14.2. The Morgan fingerprint density at radius 3 is 2.68 bits per heavy atom. The van der Waals surface area contributed by atoms with Gasteiger partial charge in [-0.1, -0.05) is 24.3 Å². The fourth-order valence-corrected chi connectivity index (χ4v) is 2.67. The van der Waals surface area contributed by atoms with Crippen molar-refractivity contribution in [3.05, 3.63) is 77.2 Å². The lowest BCUT2D eigenvalue weighted by molar-refractivity contribution is 0.420. The number of benzene rings is 2. The van der Waals surface area contributed by atoms with Gasteiger partial charge in [0.15, 0.2) is 0 Å². The highest BCUT2D eigenvalue weighted by Gasteiger charge is 2.10. The molecule has 0 aliphatic heterocycles.